The average Bonchev–Trinajstić information content (AvgIpc) is 2.71. The van der Waals surface area contributed by atoms with Gasteiger partial charge in [-0.2, -0.15) is 0 Å². The summed E-state index contributed by atoms with van der Waals surface area (Å²) >= 11 is 12.1. The summed E-state index contributed by atoms with van der Waals surface area (Å²) in [6, 6.07) is 7.73. The molecule has 0 spiro atoms. The van der Waals surface area contributed by atoms with Crippen LogP contribution in [0.1, 0.15) is 35.8 Å². The first-order chi connectivity index (χ1) is 14.0. The Morgan fingerprint density at radius 1 is 1.24 bits per heavy atom. The van der Waals surface area contributed by atoms with E-state index in [4.69, 9.17) is 32.7 Å². The molecular weight excluding hydrogens is 415 g/mol. The quantitative estimate of drug-likeness (QED) is 0.515. The molecule has 1 N–H and O–H groups in total. The highest BCUT2D eigenvalue weighted by molar-refractivity contribution is 6.32. The van der Waals surface area contributed by atoms with Gasteiger partial charge in [-0.05, 0) is 49.1 Å². The molecule has 3 rings (SSSR count). The highest BCUT2D eigenvalue weighted by atomic mass is 35.5. The van der Waals surface area contributed by atoms with Crippen LogP contribution in [0.15, 0.2) is 24.3 Å². The molecular formula is C20H24Cl2N4O3. The maximum absolute atomic E-state index is 11.7. The Morgan fingerprint density at radius 3 is 2.69 bits per heavy atom. The Labute approximate surface area is 180 Å². The van der Waals surface area contributed by atoms with Crippen LogP contribution in [0.2, 0.25) is 10.3 Å². The summed E-state index contributed by atoms with van der Waals surface area (Å²) in [6.07, 6.45) is 1.89. The average molecular weight is 439 g/mol. The molecule has 0 radical (unpaired) electrons. The molecule has 0 bridgehead atoms. The normalized spacial score (nSPS) is 15.2. The van der Waals surface area contributed by atoms with Crippen LogP contribution in [-0.2, 0) is 11.3 Å². The number of aromatic nitrogens is 2. The number of methoxy groups -OCH3 is 1. The van der Waals surface area contributed by atoms with E-state index in [1.165, 1.54) is 12.7 Å². The SMILES string of the molecule is CCOc1cc(CN2CCC(Nc3cc(C(=O)OC)nc(Cl)n3)CC2)ccc1Cl. The van der Waals surface area contributed by atoms with E-state index in [1.807, 2.05) is 25.1 Å². The predicted octanol–water partition coefficient (Wildman–Crippen LogP) is 4.05. The molecule has 156 valence electrons. The number of benzene rings is 1. The lowest BCUT2D eigenvalue weighted by Crippen LogP contribution is -2.38. The zero-order valence-electron chi connectivity index (χ0n) is 16.5. The Morgan fingerprint density at radius 2 is 2.00 bits per heavy atom. The first-order valence-corrected chi connectivity index (χ1v) is 10.3. The number of anilines is 1. The molecule has 29 heavy (non-hydrogen) atoms. The van der Waals surface area contributed by atoms with E-state index in [0.29, 0.717) is 17.4 Å². The van der Waals surface area contributed by atoms with Crippen molar-refractivity contribution in [2.45, 2.75) is 32.4 Å². The van der Waals surface area contributed by atoms with Gasteiger partial charge >= 0.3 is 5.97 Å². The van der Waals surface area contributed by atoms with Crippen LogP contribution >= 0.6 is 23.2 Å². The fourth-order valence-corrected chi connectivity index (χ4v) is 3.67. The second-order valence-corrected chi connectivity index (χ2v) is 7.54. The fraction of sp³-hybridized carbons (Fsp3) is 0.450. The molecule has 1 aromatic heterocycles. The van der Waals surface area contributed by atoms with E-state index >= 15 is 0 Å². The summed E-state index contributed by atoms with van der Waals surface area (Å²) in [4.78, 5) is 22.1. The highest BCUT2D eigenvalue weighted by Gasteiger charge is 2.21. The van der Waals surface area contributed by atoms with Crippen molar-refractivity contribution in [1.29, 1.82) is 0 Å². The molecule has 1 aliphatic heterocycles. The molecule has 0 amide bonds. The molecule has 0 aliphatic carbocycles. The molecule has 2 aromatic rings. The second-order valence-electron chi connectivity index (χ2n) is 6.79. The highest BCUT2D eigenvalue weighted by Crippen LogP contribution is 2.27. The Bertz CT molecular complexity index is 858. The molecule has 0 atom stereocenters. The topological polar surface area (TPSA) is 76.6 Å². The number of carbonyl (C=O) groups is 1. The van der Waals surface area contributed by atoms with Crippen molar-refractivity contribution < 1.29 is 14.3 Å². The largest absolute Gasteiger partial charge is 0.492 e. The molecule has 2 heterocycles. The predicted molar refractivity (Wildman–Crippen MR) is 113 cm³/mol. The van der Waals surface area contributed by atoms with Crippen molar-refractivity contribution >= 4 is 35.0 Å². The van der Waals surface area contributed by atoms with Crippen LogP contribution in [0.5, 0.6) is 5.75 Å². The van der Waals surface area contributed by atoms with Crippen LogP contribution < -0.4 is 10.1 Å². The summed E-state index contributed by atoms with van der Waals surface area (Å²) in [5.41, 5.74) is 1.31. The van der Waals surface area contributed by atoms with Gasteiger partial charge in [0.15, 0.2) is 5.69 Å². The van der Waals surface area contributed by atoms with Gasteiger partial charge in [-0.3, -0.25) is 4.90 Å². The van der Waals surface area contributed by atoms with Crippen molar-refractivity contribution in [3.8, 4) is 5.75 Å². The third kappa shape index (κ3) is 5.95. The minimum Gasteiger partial charge on any atom is -0.492 e. The standard InChI is InChI=1S/C20H24Cl2N4O3/c1-3-29-17-10-13(4-5-15(17)21)12-26-8-6-14(7-9-26)23-18-11-16(19(27)28-2)24-20(22)25-18/h4-5,10-11,14H,3,6-9,12H2,1-2H3,(H,23,24,25). The van der Waals surface area contributed by atoms with Crippen molar-refractivity contribution in [3.05, 3.63) is 45.8 Å². The first-order valence-electron chi connectivity index (χ1n) is 9.51. The van der Waals surface area contributed by atoms with Crippen LogP contribution in [-0.4, -0.2) is 53.7 Å². The van der Waals surface area contributed by atoms with Gasteiger partial charge in [0, 0.05) is 31.7 Å². The summed E-state index contributed by atoms with van der Waals surface area (Å²) in [5, 5.41) is 4.00. The van der Waals surface area contributed by atoms with Crippen molar-refractivity contribution in [2.75, 3.05) is 32.1 Å². The van der Waals surface area contributed by atoms with E-state index in [2.05, 4.69) is 20.2 Å². The molecule has 7 nitrogen and oxygen atoms in total. The number of piperidine rings is 1. The van der Waals surface area contributed by atoms with Gasteiger partial charge in [-0.25, -0.2) is 14.8 Å². The lowest BCUT2D eigenvalue weighted by molar-refractivity contribution is 0.0594. The summed E-state index contributed by atoms with van der Waals surface area (Å²) in [7, 11) is 1.30. The number of ether oxygens (including phenoxy) is 2. The molecule has 1 saturated heterocycles. The molecule has 9 heteroatoms. The van der Waals surface area contributed by atoms with E-state index in [-0.39, 0.29) is 17.0 Å². The molecule has 0 unspecified atom stereocenters. The second kappa shape index (κ2) is 10.1. The van der Waals surface area contributed by atoms with Crippen molar-refractivity contribution in [2.24, 2.45) is 0 Å². The van der Waals surface area contributed by atoms with Crippen LogP contribution in [0.4, 0.5) is 5.82 Å². The molecule has 1 aromatic carbocycles. The number of nitrogens with zero attached hydrogens (tertiary/aromatic N) is 3. The number of hydrogen-bond donors (Lipinski definition) is 1. The maximum atomic E-state index is 11.7. The summed E-state index contributed by atoms with van der Waals surface area (Å²) in [6.45, 7) is 5.25. The van der Waals surface area contributed by atoms with Gasteiger partial charge in [-0.1, -0.05) is 17.7 Å². The van der Waals surface area contributed by atoms with Gasteiger partial charge in [0.2, 0.25) is 5.28 Å². The smallest absolute Gasteiger partial charge is 0.356 e. The minimum atomic E-state index is -0.540. The number of rotatable bonds is 7. The number of carbonyl (C=O) groups excluding carboxylic acids is 1. The fourth-order valence-electron chi connectivity index (χ4n) is 3.32. The Kier molecular flexibility index (Phi) is 7.52. The van der Waals surface area contributed by atoms with Gasteiger partial charge < -0.3 is 14.8 Å². The lowest BCUT2D eigenvalue weighted by Gasteiger charge is -2.32. The summed E-state index contributed by atoms with van der Waals surface area (Å²) in [5.74, 6) is 0.717. The lowest BCUT2D eigenvalue weighted by atomic mass is 10.0. The van der Waals surface area contributed by atoms with Crippen molar-refractivity contribution in [1.82, 2.24) is 14.9 Å². The third-order valence-electron chi connectivity index (χ3n) is 4.73. The van der Waals surface area contributed by atoms with Crippen molar-refractivity contribution in [3.63, 3.8) is 0 Å². The van der Waals surface area contributed by atoms with Crippen LogP contribution in [0.3, 0.4) is 0 Å². The van der Waals surface area contributed by atoms with E-state index in [1.54, 1.807) is 6.07 Å². The number of hydrogen-bond acceptors (Lipinski definition) is 7. The number of halogens is 2. The number of likely N-dealkylation sites (tertiary alicyclic amines) is 1. The minimum absolute atomic E-state index is 0.0145. The zero-order chi connectivity index (χ0) is 20.8. The van der Waals surface area contributed by atoms with Gasteiger partial charge in [-0.15, -0.1) is 0 Å². The van der Waals surface area contributed by atoms with Gasteiger partial charge in [0.1, 0.15) is 11.6 Å². The van der Waals surface area contributed by atoms with Crippen LogP contribution in [0, 0.1) is 0 Å². The number of esters is 1. The first kappa shape index (κ1) is 21.6. The Balaban J connectivity index is 1.55. The number of nitrogens with one attached hydrogen (secondary N) is 1. The van der Waals surface area contributed by atoms with E-state index < -0.39 is 5.97 Å². The van der Waals surface area contributed by atoms with E-state index in [9.17, 15) is 4.79 Å². The zero-order valence-corrected chi connectivity index (χ0v) is 18.0. The Hall–Kier alpha value is -2.09. The maximum Gasteiger partial charge on any atom is 0.356 e. The van der Waals surface area contributed by atoms with Gasteiger partial charge in [0.25, 0.3) is 0 Å². The van der Waals surface area contributed by atoms with E-state index in [0.717, 1.165) is 38.2 Å². The molecule has 0 saturated carbocycles. The van der Waals surface area contributed by atoms with Crippen LogP contribution in [0.25, 0.3) is 0 Å². The summed E-state index contributed by atoms with van der Waals surface area (Å²) < 4.78 is 10.3. The van der Waals surface area contributed by atoms with Gasteiger partial charge in [0.05, 0.1) is 18.7 Å². The monoisotopic (exact) mass is 438 g/mol. The molecule has 1 fully saturated rings. The molecule has 1 aliphatic rings. The third-order valence-corrected chi connectivity index (χ3v) is 5.22.